The number of methoxy groups -OCH3 is 1. The lowest BCUT2D eigenvalue weighted by molar-refractivity contribution is 0.116. The lowest BCUT2D eigenvalue weighted by atomic mass is 9.93. The van der Waals surface area contributed by atoms with Crippen LogP contribution in [0.4, 0.5) is 0 Å². The third-order valence-electron chi connectivity index (χ3n) is 6.49. The molecule has 3 aromatic rings. The highest BCUT2D eigenvalue weighted by atomic mass is 32.2. The SMILES string of the molecule is COc1ccc2c(c1)C(N1CCN(C/C=C/c3ccccc3)CC1)c1ccccc1CS2. The molecule has 0 aliphatic carbocycles. The summed E-state index contributed by atoms with van der Waals surface area (Å²) in [6.45, 7) is 5.32. The molecular weight excluding hydrogens is 412 g/mol. The largest absolute Gasteiger partial charge is 0.497 e. The molecule has 0 spiro atoms. The van der Waals surface area contributed by atoms with Crippen molar-refractivity contribution in [3.63, 3.8) is 0 Å². The molecule has 2 aliphatic heterocycles. The molecule has 0 bridgehead atoms. The van der Waals surface area contributed by atoms with Crippen molar-refractivity contribution in [1.29, 1.82) is 0 Å². The van der Waals surface area contributed by atoms with Crippen LogP contribution < -0.4 is 4.74 Å². The van der Waals surface area contributed by atoms with Crippen LogP contribution in [0.1, 0.15) is 28.3 Å². The Morgan fingerprint density at radius 1 is 0.906 bits per heavy atom. The van der Waals surface area contributed by atoms with Crippen molar-refractivity contribution in [3.05, 3.63) is 101 Å². The molecule has 1 atom stereocenters. The molecule has 164 valence electrons. The zero-order valence-corrected chi connectivity index (χ0v) is 19.4. The van der Waals surface area contributed by atoms with Crippen LogP contribution >= 0.6 is 11.8 Å². The first-order valence-electron chi connectivity index (χ1n) is 11.4. The second kappa shape index (κ2) is 9.95. The van der Waals surface area contributed by atoms with Crippen LogP contribution in [0, 0.1) is 0 Å². The van der Waals surface area contributed by atoms with E-state index in [2.05, 4.69) is 94.7 Å². The summed E-state index contributed by atoms with van der Waals surface area (Å²) >= 11 is 1.95. The molecule has 5 rings (SSSR count). The van der Waals surface area contributed by atoms with Gasteiger partial charge in [-0.3, -0.25) is 9.80 Å². The average molecular weight is 443 g/mol. The minimum atomic E-state index is 0.285. The summed E-state index contributed by atoms with van der Waals surface area (Å²) in [6, 6.07) is 26.4. The van der Waals surface area contributed by atoms with Gasteiger partial charge < -0.3 is 4.74 Å². The molecule has 2 aliphatic rings. The van der Waals surface area contributed by atoms with Gasteiger partial charge in [-0.25, -0.2) is 0 Å². The summed E-state index contributed by atoms with van der Waals surface area (Å²) < 4.78 is 5.60. The summed E-state index contributed by atoms with van der Waals surface area (Å²) in [5.74, 6) is 1.97. The maximum Gasteiger partial charge on any atom is 0.119 e. The molecule has 0 aromatic heterocycles. The summed E-state index contributed by atoms with van der Waals surface area (Å²) in [5, 5.41) is 0. The molecule has 1 unspecified atom stereocenters. The molecule has 4 heteroatoms. The van der Waals surface area contributed by atoms with Crippen LogP contribution in [0.3, 0.4) is 0 Å². The molecular formula is C28H30N2OS. The molecule has 3 aromatic carbocycles. The quantitative estimate of drug-likeness (QED) is 0.502. The molecule has 0 N–H and O–H groups in total. The van der Waals surface area contributed by atoms with Gasteiger partial charge in [-0.15, -0.1) is 11.8 Å². The molecule has 0 saturated carbocycles. The van der Waals surface area contributed by atoms with E-state index in [1.807, 2.05) is 11.8 Å². The lowest BCUT2D eigenvalue weighted by Gasteiger charge is -2.40. The Bertz CT molecular complexity index is 1070. The highest BCUT2D eigenvalue weighted by Gasteiger charge is 2.31. The number of benzene rings is 3. The van der Waals surface area contributed by atoms with E-state index in [9.17, 15) is 0 Å². The van der Waals surface area contributed by atoms with Gasteiger partial charge in [-0.1, -0.05) is 66.7 Å². The van der Waals surface area contributed by atoms with E-state index >= 15 is 0 Å². The molecule has 0 radical (unpaired) electrons. The Balaban J connectivity index is 1.34. The van der Waals surface area contributed by atoms with Gasteiger partial charge in [-0.05, 0) is 40.5 Å². The number of nitrogens with zero attached hydrogens (tertiary/aromatic N) is 2. The minimum Gasteiger partial charge on any atom is -0.497 e. The first-order valence-corrected chi connectivity index (χ1v) is 12.4. The van der Waals surface area contributed by atoms with Gasteiger partial charge in [0.1, 0.15) is 5.75 Å². The fourth-order valence-corrected chi connectivity index (χ4v) is 5.83. The van der Waals surface area contributed by atoms with Crippen molar-refractivity contribution in [2.75, 3.05) is 39.8 Å². The van der Waals surface area contributed by atoms with E-state index in [4.69, 9.17) is 4.74 Å². The predicted molar refractivity (Wildman–Crippen MR) is 134 cm³/mol. The van der Waals surface area contributed by atoms with E-state index in [1.165, 1.54) is 27.1 Å². The third-order valence-corrected chi connectivity index (χ3v) is 7.63. The number of hydrogen-bond acceptors (Lipinski definition) is 4. The highest BCUT2D eigenvalue weighted by molar-refractivity contribution is 7.98. The molecule has 1 fully saturated rings. The van der Waals surface area contributed by atoms with Crippen molar-refractivity contribution in [1.82, 2.24) is 9.80 Å². The fourth-order valence-electron chi connectivity index (χ4n) is 4.75. The van der Waals surface area contributed by atoms with E-state index in [0.29, 0.717) is 0 Å². The predicted octanol–water partition coefficient (Wildman–Crippen LogP) is 5.72. The van der Waals surface area contributed by atoms with Crippen molar-refractivity contribution in [2.45, 2.75) is 16.7 Å². The summed E-state index contributed by atoms with van der Waals surface area (Å²) in [7, 11) is 1.76. The van der Waals surface area contributed by atoms with Gasteiger partial charge in [0.2, 0.25) is 0 Å². The van der Waals surface area contributed by atoms with Crippen LogP contribution in [0.2, 0.25) is 0 Å². The van der Waals surface area contributed by atoms with Crippen molar-refractivity contribution in [3.8, 4) is 5.75 Å². The molecule has 2 heterocycles. The second-order valence-corrected chi connectivity index (χ2v) is 9.46. The van der Waals surface area contributed by atoms with E-state index in [0.717, 1.165) is 44.2 Å². The Labute approximate surface area is 195 Å². The number of rotatable bonds is 5. The standard InChI is InChI=1S/C28H30N2OS/c1-31-24-13-14-27-26(20-24)28(25-12-6-5-11-23(25)21-32-27)30-18-16-29(17-19-30)15-7-10-22-8-3-2-4-9-22/h2-14,20,28H,15-19,21H2,1H3/b10-7+. The van der Waals surface area contributed by atoms with Crippen LogP contribution in [0.15, 0.2) is 83.8 Å². The number of fused-ring (bicyclic) bond motifs is 2. The molecule has 32 heavy (non-hydrogen) atoms. The highest BCUT2D eigenvalue weighted by Crippen LogP contribution is 2.43. The number of piperazine rings is 1. The topological polar surface area (TPSA) is 15.7 Å². The van der Waals surface area contributed by atoms with Crippen molar-refractivity contribution >= 4 is 17.8 Å². The van der Waals surface area contributed by atoms with Crippen molar-refractivity contribution < 1.29 is 4.74 Å². The Kier molecular flexibility index (Phi) is 6.63. The number of thioether (sulfide) groups is 1. The van der Waals surface area contributed by atoms with Gasteiger partial charge in [0.15, 0.2) is 0 Å². The Hall–Kier alpha value is -2.53. The van der Waals surface area contributed by atoms with Gasteiger partial charge in [-0.2, -0.15) is 0 Å². The zero-order valence-electron chi connectivity index (χ0n) is 18.6. The van der Waals surface area contributed by atoms with Gasteiger partial charge in [0, 0.05) is 43.4 Å². The van der Waals surface area contributed by atoms with E-state index in [-0.39, 0.29) is 6.04 Å². The monoisotopic (exact) mass is 442 g/mol. The van der Waals surface area contributed by atoms with Gasteiger partial charge >= 0.3 is 0 Å². The van der Waals surface area contributed by atoms with Crippen LogP contribution in [0.25, 0.3) is 6.08 Å². The summed E-state index contributed by atoms with van der Waals surface area (Å²) in [5.41, 5.74) is 5.55. The summed E-state index contributed by atoms with van der Waals surface area (Å²) in [4.78, 5) is 6.60. The first kappa shape index (κ1) is 21.3. The van der Waals surface area contributed by atoms with E-state index < -0.39 is 0 Å². The molecule has 1 saturated heterocycles. The Morgan fingerprint density at radius 3 is 2.50 bits per heavy atom. The van der Waals surface area contributed by atoms with Crippen molar-refractivity contribution in [2.24, 2.45) is 0 Å². The second-order valence-electron chi connectivity index (χ2n) is 8.44. The lowest BCUT2D eigenvalue weighted by Crippen LogP contribution is -2.47. The zero-order chi connectivity index (χ0) is 21.8. The van der Waals surface area contributed by atoms with Gasteiger partial charge in [0.05, 0.1) is 13.2 Å². The average Bonchev–Trinajstić information content (AvgIpc) is 3.01. The maximum atomic E-state index is 5.60. The van der Waals surface area contributed by atoms with Crippen LogP contribution in [0.5, 0.6) is 5.75 Å². The molecule has 0 amide bonds. The summed E-state index contributed by atoms with van der Waals surface area (Å²) in [6.07, 6.45) is 4.52. The third kappa shape index (κ3) is 4.63. The fraction of sp³-hybridized carbons (Fsp3) is 0.286. The van der Waals surface area contributed by atoms with E-state index in [1.54, 1.807) is 7.11 Å². The van der Waals surface area contributed by atoms with Gasteiger partial charge in [0.25, 0.3) is 0 Å². The minimum absolute atomic E-state index is 0.285. The molecule has 3 nitrogen and oxygen atoms in total. The smallest absolute Gasteiger partial charge is 0.119 e. The van der Waals surface area contributed by atoms with Crippen LogP contribution in [-0.4, -0.2) is 49.6 Å². The maximum absolute atomic E-state index is 5.60. The van der Waals surface area contributed by atoms with Crippen LogP contribution in [-0.2, 0) is 5.75 Å². The number of ether oxygens (including phenoxy) is 1. The normalized spacial score (nSPS) is 19.3. The Morgan fingerprint density at radius 2 is 1.69 bits per heavy atom. The first-order chi connectivity index (χ1) is 15.8. The number of hydrogen-bond donors (Lipinski definition) is 0.